The molecule has 4 nitrogen and oxygen atoms in total. The fourth-order valence-electron chi connectivity index (χ4n) is 1.32. The number of rotatable bonds is 3. The van der Waals surface area contributed by atoms with E-state index in [2.05, 4.69) is 20.0 Å². The molecule has 19 heavy (non-hydrogen) atoms. The van der Waals surface area contributed by atoms with Crippen molar-refractivity contribution in [2.45, 2.75) is 6.36 Å². The molecule has 1 N–H and O–H groups in total. The van der Waals surface area contributed by atoms with Crippen molar-refractivity contribution in [3.63, 3.8) is 0 Å². The summed E-state index contributed by atoms with van der Waals surface area (Å²) in [7, 11) is 0. The Morgan fingerprint density at radius 1 is 1.11 bits per heavy atom. The van der Waals surface area contributed by atoms with Crippen LogP contribution in [0.2, 0.25) is 0 Å². The Morgan fingerprint density at radius 2 is 1.89 bits per heavy atom. The van der Waals surface area contributed by atoms with Gasteiger partial charge in [-0.1, -0.05) is 6.07 Å². The van der Waals surface area contributed by atoms with Crippen LogP contribution in [0.5, 0.6) is 5.75 Å². The summed E-state index contributed by atoms with van der Waals surface area (Å²) in [6.45, 7) is 0. The van der Waals surface area contributed by atoms with Gasteiger partial charge in [0.1, 0.15) is 17.9 Å². The highest BCUT2D eigenvalue weighted by atomic mass is 19.4. The van der Waals surface area contributed by atoms with Crippen molar-refractivity contribution in [3.05, 3.63) is 42.6 Å². The normalized spacial score (nSPS) is 11.2. The summed E-state index contributed by atoms with van der Waals surface area (Å²) in [6.07, 6.45) is -3.77. The van der Waals surface area contributed by atoms with Crippen LogP contribution in [-0.4, -0.2) is 16.3 Å². The molecular weight excluding hydrogens is 266 g/mol. The van der Waals surface area contributed by atoms with E-state index in [1.54, 1.807) is 0 Å². The first-order chi connectivity index (χ1) is 8.92. The maximum atomic E-state index is 12.8. The topological polar surface area (TPSA) is 47.0 Å². The van der Waals surface area contributed by atoms with E-state index in [1.165, 1.54) is 12.1 Å². The summed E-state index contributed by atoms with van der Waals surface area (Å²) in [5, 5.41) is 2.63. The molecule has 0 aliphatic heterocycles. The second kappa shape index (κ2) is 5.09. The van der Waals surface area contributed by atoms with Crippen LogP contribution in [0.15, 0.2) is 36.7 Å². The highest BCUT2D eigenvalue weighted by molar-refractivity contribution is 5.57. The Balaban J connectivity index is 2.15. The van der Waals surface area contributed by atoms with Gasteiger partial charge in [-0.25, -0.2) is 9.97 Å². The van der Waals surface area contributed by atoms with E-state index in [1.807, 2.05) is 0 Å². The van der Waals surface area contributed by atoms with Gasteiger partial charge >= 0.3 is 6.36 Å². The average molecular weight is 273 g/mol. The van der Waals surface area contributed by atoms with Gasteiger partial charge in [0.15, 0.2) is 0 Å². The molecule has 1 aromatic heterocycles. The molecule has 0 unspecified atom stereocenters. The minimum absolute atomic E-state index is 0.122. The summed E-state index contributed by atoms with van der Waals surface area (Å²) < 4.78 is 52.7. The molecule has 1 heterocycles. The zero-order valence-electron chi connectivity index (χ0n) is 9.28. The molecule has 0 fully saturated rings. The Bertz CT molecular complexity index is 574. The average Bonchev–Trinajstić information content (AvgIpc) is 2.27. The molecule has 0 radical (unpaired) electrons. The lowest BCUT2D eigenvalue weighted by molar-refractivity contribution is -0.274. The van der Waals surface area contributed by atoms with E-state index >= 15 is 0 Å². The number of ether oxygens (including phenoxy) is 1. The first-order valence-electron chi connectivity index (χ1n) is 5.03. The molecule has 0 atom stereocenters. The van der Waals surface area contributed by atoms with Gasteiger partial charge in [-0.05, 0) is 12.1 Å². The molecule has 0 saturated carbocycles. The number of alkyl halides is 3. The maximum absolute atomic E-state index is 12.8. The second-order valence-corrected chi connectivity index (χ2v) is 3.43. The maximum Gasteiger partial charge on any atom is 0.573 e. The third-order valence-corrected chi connectivity index (χ3v) is 1.97. The SMILES string of the molecule is Fc1cc(Nc2cccc(OC(F)(F)F)c2)ncn1. The van der Waals surface area contributed by atoms with E-state index in [9.17, 15) is 17.6 Å². The molecule has 0 aliphatic rings. The number of hydrogen-bond acceptors (Lipinski definition) is 4. The third kappa shape index (κ3) is 4.09. The van der Waals surface area contributed by atoms with Crippen LogP contribution < -0.4 is 10.1 Å². The fourth-order valence-corrected chi connectivity index (χ4v) is 1.32. The van der Waals surface area contributed by atoms with Crippen LogP contribution >= 0.6 is 0 Å². The van der Waals surface area contributed by atoms with Crippen LogP contribution in [0.1, 0.15) is 0 Å². The molecule has 8 heteroatoms. The molecule has 2 rings (SSSR count). The number of hydrogen-bond donors (Lipinski definition) is 1. The van der Waals surface area contributed by atoms with Crippen LogP contribution in [-0.2, 0) is 0 Å². The minimum atomic E-state index is -4.76. The van der Waals surface area contributed by atoms with E-state index in [0.29, 0.717) is 0 Å². The Kier molecular flexibility index (Phi) is 3.50. The molecule has 1 aromatic carbocycles. The van der Waals surface area contributed by atoms with Crippen LogP contribution in [0, 0.1) is 5.95 Å². The molecule has 100 valence electrons. The molecular formula is C11H7F4N3O. The number of anilines is 2. The van der Waals surface area contributed by atoms with Gasteiger partial charge in [-0.3, -0.25) is 0 Å². The summed E-state index contributed by atoms with van der Waals surface area (Å²) in [6, 6.07) is 6.13. The Hall–Kier alpha value is -2.38. The fraction of sp³-hybridized carbons (Fsp3) is 0.0909. The summed E-state index contributed by atoms with van der Waals surface area (Å²) in [5.74, 6) is -1.01. The monoisotopic (exact) mass is 273 g/mol. The minimum Gasteiger partial charge on any atom is -0.406 e. The van der Waals surface area contributed by atoms with Crippen molar-refractivity contribution in [1.82, 2.24) is 9.97 Å². The number of halogens is 4. The second-order valence-electron chi connectivity index (χ2n) is 3.43. The molecule has 0 saturated heterocycles. The Morgan fingerprint density at radius 3 is 2.58 bits per heavy atom. The van der Waals surface area contributed by atoms with Crippen molar-refractivity contribution < 1.29 is 22.3 Å². The van der Waals surface area contributed by atoms with Crippen molar-refractivity contribution >= 4 is 11.5 Å². The van der Waals surface area contributed by atoms with Crippen molar-refractivity contribution in [3.8, 4) is 5.75 Å². The van der Waals surface area contributed by atoms with Crippen molar-refractivity contribution in [2.75, 3.05) is 5.32 Å². The predicted octanol–water partition coefficient (Wildman–Crippen LogP) is 3.26. The van der Waals surface area contributed by atoms with Crippen LogP contribution in [0.3, 0.4) is 0 Å². The van der Waals surface area contributed by atoms with Gasteiger partial charge in [0, 0.05) is 17.8 Å². The van der Waals surface area contributed by atoms with Crippen LogP contribution in [0.4, 0.5) is 29.1 Å². The summed E-state index contributed by atoms with van der Waals surface area (Å²) in [5.41, 5.74) is 0.278. The van der Waals surface area contributed by atoms with Gasteiger partial charge in [0.2, 0.25) is 5.95 Å². The predicted molar refractivity (Wildman–Crippen MR) is 58.4 cm³/mol. The van der Waals surface area contributed by atoms with Gasteiger partial charge in [-0.2, -0.15) is 4.39 Å². The lowest BCUT2D eigenvalue weighted by Gasteiger charge is -2.10. The first-order valence-corrected chi connectivity index (χ1v) is 5.03. The summed E-state index contributed by atoms with van der Waals surface area (Å²) in [4.78, 5) is 6.97. The Labute approximate surface area is 105 Å². The first kappa shape index (κ1) is 13.1. The van der Waals surface area contributed by atoms with E-state index in [0.717, 1.165) is 24.5 Å². The zero-order valence-corrected chi connectivity index (χ0v) is 9.28. The van der Waals surface area contributed by atoms with E-state index < -0.39 is 12.3 Å². The number of benzene rings is 1. The zero-order chi connectivity index (χ0) is 13.9. The summed E-state index contributed by atoms with van der Waals surface area (Å²) >= 11 is 0. The molecule has 0 spiro atoms. The number of nitrogens with zero attached hydrogens (tertiary/aromatic N) is 2. The lowest BCUT2D eigenvalue weighted by Crippen LogP contribution is -2.17. The van der Waals surface area contributed by atoms with Gasteiger partial charge < -0.3 is 10.1 Å². The highest BCUT2D eigenvalue weighted by Crippen LogP contribution is 2.26. The van der Waals surface area contributed by atoms with E-state index in [4.69, 9.17) is 0 Å². The molecule has 2 aromatic rings. The number of aromatic nitrogens is 2. The molecule has 0 amide bonds. The quantitative estimate of drug-likeness (QED) is 0.688. The largest absolute Gasteiger partial charge is 0.573 e. The van der Waals surface area contributed by atoms with Crippen LogP contribution in [0.25, 0.3) is 0 Å². The van der Waals surface area contributed by atoms with E-state index in [-0.39, 0.29) is 17.3 Å². The third-order valence-electron chi connectivity index (χ3n) is 1.97. The number of nitrogens with one attached hydrogen (secondary N) is 1. The smallest absolute Gasteiger partial charge is 0.406 e. The highest BCUT2D eigenvalue weighted by Gasteiger charge is 2.31. The van der Waals surface area contributed by atoms with Crippen molar-refractivity contribution in [2.24, 2.45) is 0 Å². The molecule has 0 aliphatic carbocycles. The lowest BCUT2D eigenvalue weighted by atomic mass is 10.3. The van der Waals surface area contributed by atoms with Gasteiger partial charge in [-0.15, -0.1) is 13.2 Å². The van der Waals surface area contributed by atoms with Gasteiger partial charge in [0.25, 0.3) is 0 Å². The van der Waals surface area contributed by atoms with Crippen molar-refractivity contribution in [1.29, 1.82) is 0 Å². The standard InChI is InChI=1S/C11H7F4N3O/c12-9-5-10(17-6-16-9)18-7-2-1-3-8(4-7)19-11(13,14)15/h1-6H,(H,16,17,18). The van der Waals surface area contributed by atoms with Gasteiger partial charge in [0.05, 0.1) is 0 Å². The molecule has 0 bridgehead atoms.